The maximum Gasteiger partial charge on any atom is 0.262 e. The average molecular weight is 404 g/mol. The van der Waals surface area contributed by atoms with Gasteiger partial charge >= 0.3 is 0 Å². The Kier molecular flexibility index (Phi) is 5.20. The molecule has 0 aliphatic carbocycles. The molecule has 3 aromatic heterocycles. The lowest BCUT2D eigenvalue weighted by atomic mass is 10.1. The second kappa shape index (κ2) is 7.78. The van der Waals surface area contributed by atoms with Crippen LogP contribution in [0.3, 0.4) is 0 Å². The molecule has 1 aliphatic rings. The Balaban J connectivity index is 1.38. The minimum atomic E-state index is -3.62. The molecule has 1 unspecified atom stereocenters. The molecule has 1 aliphatic heterocycles. The van der Waals surface area contributed by atoms with Crippen molar-refractivity contribution in [2.45, 2.75) is 30.6 Å². The maximum absolute atomic E-state index is 12.7. The van der Waals surface area contributed by atoms with E-state index in [0.29, 0.717) is 24.7 Å². The van der Waals surface area contributed by atoms with Gasteiger partial charge in [-0.15, -0.1) is 0 Å². The van der Waals surface area contributed by atoms with Crippen LogP contribution in [0.1, 0.15) is 18.7 Å². The molecule has 0 radical (unpaired) electrons. The van der Waals surface area contributed by atoms with Crippen LogP contribution in [0.25, 0.3) is 11.5 Å². The number of sulfonamides is 1. The summed E-state index contributed by atoms with van der Waals surface area (Å²) in [6.45, 7) is 0.873. The number of pyridine rings is 1. The molecule has 0 N–H and O–H groups in total. The lowest BCUT2D eigenvalue weighted by molar-refractivity contribution is 0.00434. The van der Waals surface area contributed by atoms with E-state index in [0.717, 1.165) is 12.0 Å². The SMILES string of the molecule is Cn1cnc(S(=O)(=O)N2CCCC(OCc3noc(-c4ccncc4)n3)C2)c1. The summed E-state index contributed by atoms with van der Waals surface area (Å²) >= 11 is 0. The van der Waals surface area contributed by atoms with Crippen molar-refractivity contribution in [2.24, 2.45) is 7.05 Å². The highest BCUT2D eigenvalue weighted by Crippen LogP contribution is 2.22. The number of piperidine rings is 1. The molecule has 1 atom stereocenters. The van der Waals surface area contributed by atoms with Crippen molar-refractivity contribution in [1.82, 2.24) is 29.0 Å². The summed E-state index contributed by atoms with van der Waals surface area (Å²) in [5.41, 5.74) is 0.777. The maximum atomic E-state index is 12.7. The number of rotatable bonds is 6. The van der Waals surface area contributed by atoms with Crippen LogP contribution in [-0.4, -0.2) is 56.6 Å². The first-order valence-electron chi connectivity index (χ1n) is 8.85. The third-order valence-electron chi connectivity index (χ3n) is 4.47. The highest BCUT2D eigenvalue weighted by Gasteiger charge is 2.32. The fourth-order valence-corrected chi connectivity index (χ4v) is 4.51. The highest BCUT2D eigenvalue weighted by molar-refractivity contribution is 7.89. The van der Waals surface area contributed by atoms with Crippen LogP contribution in [0.2, 0.25) is 0 Å². The van der Waals surface area contributed by atoms with Crippen LogP contribution in [-0.2, 0) is 28.4 Å². The summed E-state index contributed by atoms with van der Waals surface area (Å²) < 4.78 is 39.6. The van der Waals surface area contributed by atoms with E-state index in [1.807, 2.05) is 0 Å². The molecule has 1 saturated heterocycles. The third kappa shape index (κ3) is 3.96. The van der Waals surface area contributed by atoms with Crippen LogP contribution >= 0.6 is 0 Å². The van der Waals surface area contributed by atoms with Gasteiger partial charge in [0, 0.05) is 44.3 Å². The van der Waals surface area contributed by atoms with Crippen molar-refractivity contribution in [3.8, 4) is 11.5 Å². The molecule has 10 nitrogen and oxygen atoms in total. The van der Waals surface area contributed by atoms with Crippen molar-refractivity contribution in [3.05, 3.63) is 42.9 Å². The Morgan fingerprint density at radius 1 is 1.32 bits per heavy atom. The lowest BCUT2D eigenvalue weighted by Crippen LogP contribution is -2.43. The van der Waals surface area contributed by atoms with E-state index in [1.165, 1.54) is 16.8 Å². The second-order valence-corrected chi connectivity index (χ2v) is 8.45. The zero-order valence-corrected chi connectivity index (χ0v) is 16.1. The third-order valence-corrected chi connectivity index (χ3v) is 6.22. The van der Waals surface area contributed by atoms with Crippen LogP contribution in [0, 0.1) is 0 Å². The van der Waals surface area contributed by atoms with Crippen LogP contribution < -0.4 is 0 Å². The molecule has 1 fully saturated rings. The van der Waals surface area contributed by atoms with Crippen LogP contribution in [0.4, 0.5) is 0 Å². The van der Waals surface area contributed by atoms with Gasteiger partial charge in [0.05, 0.1) is 12.4 Å². The first-order chi connectivity index (χ1) is 13.5. The molecule has 11 heteroatoms. The van der Waals surface area contributed by atoms with Gasteiger partial charge in [0.1, 0.15) is 6.61 Å². The quantitative estimate of drug-likeness (QED) is 0.602. The van der Waals surface area contributed by atoms with Gasteiger partial charge in [-0.1, -0.05) is 5.16 Å². The number of hydrogen-bond donors (Lipinski definition) is 0. The summed E-state index contributed by atoms with van der Waals surface area (Å²) in [4.78, 5) is 12.2. The molecule has 0 spiro atoms. The van der Waals surface area contributed by atoms with Crippen LogP contribution in [0.5, 0.6) is 0 Å². The highest BCUT2D eigenvalue weighted by atomic mass is 32.2. The number of aromatic nitrogens is 5. The Labute approximate surface area is 162 Å². The molecule has 0 saturated carbocycles. The zero-order valence-electron chi connectivity index (χ0n) is 15.3. The molecule has 0 bridgehead atoms. The van der Waals surface area contributed by atoms with Crippen LogP contribution in [0.15, 0.2) is 46.6 Å². The van der Waals surface area contributed by atoms with E-state index in [4.69, 9.17) is 9.26 Å². The van der Waals surface area contributed by atoms with Crippen molar-refractivity contribution in [2.75, 3.05) is 13.1 Å². The standard InChI is InChI=1S/C17H20N6O4S/c1-22-10-16(19-12-22)28(24,25)23-8-2-3-14(9-23)26-11-15-20-17(27-21-15)13-4-6-18-7-5-13/h4-7,10,12,14H,2-3,8-9,11H2,1H3. The summed E-state index contributed by atoms with van der Waals surface area (Å²) in [7, 11) is -1.89. The largest absolute Gasteiger partial charge is 0.369 e. The van der Waals surface area contributed by atoms with Gasteiger partial charge in [0.2, 0.25) is 0 Å². The predicted molar refractivity (Wildman–Crippen MR) is 97.3 cm³/mol. The minimum Gasteiger partial charge on any atom is -0.369 e. The number of ether oxygens (including phenoxy) is 1. The lowest BCUT2D eigenvalue weighted by Gasteiger charge is -2.31. The van der Waals surface area contributed by atoms with E-state index in [-0.39, 0.29) is 24.3 Å². The van der Waals surface area contributed by atoms with Gasteiger partial charge < -0.3 is 13.8 Å². The Morgan fingerprint density at radius 2 is 2.14 bits per heavy atom. The van der Waals surface area contributed by atoms with Gasteiger partial charge in [0.15, 0.2) is 10.9 Å². The normalized spacial score (nSPS) is 18.4. The molecule has 3 aromatic rings. The number of nitrogens with zero attached hydrogens (tertiary/aromatic N) is 6. The molecule has 0 amide bonds. The first-order valence-corrected chi connectivity index (χ1v) is 10.3. The Hall–Kier alpha value is -2.63. The van der Waals surface area contributed by atoms with Gasteiger partial charge in [-0.05, 0) is 25.0 Å². The molecule has 4 heterocycles. The van der Waals surface area contributed by atoms with E-state index >= 15 is 0 Å². The Bertz CT molecular complexity index is 1030. The van der Waals surface area contributed by atoms with Gasteiger partial charge in [-0.3, -0.25) is 4.98 Å². The fraction of sp³-hybridized carbons (Fsp3) is 0.412. The van der Waals surface area contributed by atoms with E-state index in [9.17, 15) is 8.42 Å². The molecule has 28 heavy (non-hydrogen) atoms. The van der Waals surface area contributed by atoms with Crippen molar-refractivity contribution >= 4 is 10.0 Å². The van der Waals surface area contributed by atoms with E-state index in [1.54, 1.807) is 36.1 Å². The monoisotopic (exact) mass is 404 g/mol. The molecule has 0 aromatic carbocycles. The molecular weight excluding hydrogens is 384 g/mol. The smallest absolute Gasteiger partial charge is 0.262 e. The number of hydrogen-bond acceptors (Lipinski definition) is 8. The number of aryl methyl sites for hydroxylation is 1. The van der Waals surface area contributed by atoms with E-state index < -0.39 is 10.0 Å². The summed E-state index contributed by atoms with van der Waals surface area (Å²) in [6, 6.07) is 3.55. The molecule has 4 rings (SSSR count). The van der Waals surface area contributed by atoms with Gasteiger partial charge in [-0.2, -0.15) is 9.29 Å². The first kappa shape index (κ1) is 18.7. The number of imidazole rings is 1. The topological polar surface area (TPSA) is 116 Å². The summed E-state index contributed by atoms with van der Waals surface area (Å²) in [5, 5.41) is 3.97. The Morgan fingerprint density at radius 3 is 2.89 bits per heavy atom. The molecule has 148 valence electrons. The fourth-order valence-electron chi connectivity index (χ4n) is 3.03. The van der Waals surface area contributed by atoms with Gasteiger partial charge in [0.25, 0.3) is 15.9 Å². The predicted octanol–water partition coefficient (Wildman–Crippen LogP) is 1.23. The van der Waals surface area contributed by atoms with Crippen molar-refractivity contribution in [3.63, 3.8) is 0 Å². The van der Waals surface area contributed by atoms with E-state index in [2.05, 4.69) is 20.1 Å². The van der Waals surface area contributed by atoms with Crippen molar-refractivity contribution in [1.29, 1.82) is 0 Å². The van der Waals surface area contributed by atoms with Gasteiger partial charge in [-0.25, -0.2) is 13.4 Å². The zero-order chi connectivity index (χ0) is 19.6. The summed E-state index contributed by atoms with van der Waals surface area (Å²) in [5.74, 6) is 0.806. The van der Waals surface area contributed by atoms with Crippen molar-refractivity contribution < 1.29 is 17.7 Å². The minimum absolute atomic E-state index is 0.0517. The molecular formula is C17H20N6O4S. The average Bonchev–Trinajstić information content (AvgIpc) is 3.37. The summed E-state index contributed by atoms with van der Waals surface area (Å²) in [6.07, 6.45) is 7.51. The second-order valence-electron chi connectivity index (χ2n) is 6.57.